The van der Waals surface area contributed by atoms with E-state index in [1.807, 2.05) is 0 Å². The third-order valence-corrected chi connectivity index (χ3v) is 10.9. The number of piperidine rings is 2. The Morgan fingerprint density at radius 1 is 0.769 bits per heavy atom. The first-order valence-corrected chi connectivity index (χ1v) is 16.0. The van der Waals surface area contributed by atoms with Gasteiger partial charge in [-0.25, -0.2) is 0 Å². The summed E-state index contributed by atoms with van der Waals surface area (Å²) in [5.41, 5.74) is 0.0561. The van der Waals surface area contributed by atoms with Crippen molar-refractivity contribution in [3.05, 3.63) is 0 Å². The van der Waals surface area contributed by atoms with Gasteiger partial charge < -0.3 is 14.4 Å². The van der Waals surface area contributed by atoms with Crippen LogP contribution in [0.5, 0.6) is 0 Å². The van der Waals surface area contributed by atoms with E-state index in [1.165, 1.54) is 0 Å². The fourth-order valence-electron chi connectivity index (χ4n) is 7.43. The van der Waals surface area contributed by atoms with Crippen molar-refractivity contribution < 1.29 is 19.1 Å². The van der Waals surface area contributed by atoms with Crippen molar-refractivity contribution >= 4 is 11.9 Å². The molecular weight excluding hydrogens is 488 g/mol. The maximum absolute atomic E-state index is 12.6. The van der Waals surface area contributed by atoms with Gasteiger partial charge in [-0.05, 0) is 73.4 Å². The number of hydrogen-bond donors (Lipinski definition) is 0. The van der Waals surface area contributed by atoms with Crippen LogP contribution in [-0.4, -0.2) is 70.7 Å². The lowest BCUT2D eigenvalue weighted by Gasteiger charge is -2.57. The van der Waals surface area contributed by atoms with E-state index in [9.17, 15) is 9.59 Å². The predicted octanol–water partition coefficient (Wildman–Crippen LogP) is 7.52. The molecule has 0 aromatic heterocycles. The van der Waals surface area contributed by atoms with Gasteiger partial charge in [0, 0.05) is 54.3 Å². The molecule has 39 heavy (non-hydrogen) atoms. The summed E-state index contributed by atoms with van der Waals surface area (Å²) in [7, 11) is 2.16. The molecule has 0 radical (unpaired) electrons. The highest BCUT2D eigenvalue weighted by Gasteiger charge is 2.51. The molecule has 2 unspecified atom stereocenters. The number of esters is 2. The summed E-state index contributed by atoms with van der Waals surface area (Å²) in [6, 6.07) is 0. The number of hydrogen-bond acceptors (Lipinski definition) is 6. The highest BCUT2D eigenvalue weighted by Crippen LogP contribution is 2.45. The minimum absolute atomic E-state index is 0.0124. The molecule has 0 aromatic carbocycles. The van der Waals surface area contributed by atoms with Gasteiger partial charge in [0.2, 0.25) is 0 Å². The third kappa shape index (κ3) is 8.21. The molecule has 2 fully saturated rings. The lowest BCUT2D eigenvalue weighted by atomic mass is 9.66. The summed E-state index contributed by atoms with van der Waals surface area (Å²) >= 11 is 0. The molecule has 0 aliphatic carbocycles. The average molecular weight is 551 g/mol. The van der Waals surface area contributed by atoms with Gasteiger partial charge in [0.15, 0.2) is 0 Å². The van der Waals surface area contributed by atoms with E-state index in [2.05, 4.69) is 79.2 Å². The largest absolute Gasteiger partial charge is 0.462 e. The number of likely N-dealkylation sites (tertiary alicyclic amines) is 2. The Balaban J connectivity index is 1.62. The van der Waals surface area contributed by atoms with Crippen LogP contribution in [0.15, 0.2) is 0 Å². The first-order valence-electron chi connectivity index (χ1n) is 16.0. The van der Waals surface area contributed by atoms with Gasteiger partial charge in [-0.3, -0.25) is 14.5 Å². The number of carbonyl (C=O) groups is 2. The van der Waals surface area contributed by atoms with Gasteiger partial charge in [0.05, 0.1) is 0 Å². The maximum Gasteiger partial charge on any atom is 0.306 e. The molecule has 228 valence electrons. The zero-order chi connectivity index (χ0) is 29.5. The minimum atomic E-state index is -0.0883. The van der Waals surface area contributed by atoms with Crippen molar-refractivity contribution in [1.29, 1.82) is 0 Å². The van der Waals surface area contributed by atoms with Crippen LogP contribution in [0.1, 0.15) is 146 Å². The molecule has 6 nitrogen and oxygen atoms in total. The van der Waals surface area contributed by atoms with Crippen LogP contribution in [0.2, 0.25) is 0 Å². The first kappa shape index (κ1) is 34.1. The standard InChI is InChI=1S/C33H62N2O4/c1-11-33(12-2)25-26(24-30(4,5)35(33)13-3)38-28(36)20-18-16-14-15-17-19-21-29(37)39-27-22-23-34(10)32(8,9)31(27,6)7/h26-27H,11-25H2,1-10H3. The van der Waals surface area contributed by atoms with Crippen LogP contribution in [0, 0.1) is 5.41 Å². The molecule has 0 amide bonds. The van der Waals surface area contributed by atoms with Gasteiger partial charge >= 0.3 is 11.9 Å². The molecule has 2 atom stereocenters. The van der Waals surface area contributed by atoms with Crippen LogP contribution < -0.4 is 0 Å². The SMILES string of the molecule is CCN1C(C)(C)CC(OC(=O)CCCCCCCCC(=O)OC2CCN(C)C(C)(C)C2(C)C)CC1(CC)CC. The fourth-order valence-corrected chi connectivity index (χ4v) is 7.43. The molecule has 2 rings (SSSR count). The first-order chi connectivity index (χ1) is 18.2. The quantitative estimate of drug-likeness (QED) is 0.165. The van der Waals surface area contributed by atoms with E-state index >= 15 is 0 Å². The lowest BCUT2D eigenvalue weighted by molar-refractivity contribution is -0.171. The van der Waals surface area contributed by atoms with E-state index in [0.29, 0.717) is 12.8 Å². The Kier molecular flexibility index (Phi) is 12.4. The second-order valence-corrected chi connectivity index (χ2v) is 14.1. The van der Waals surface area contributed by atoms with Crippen molar-refractivity contribution in [1.82, 2.24) is 9.80 Å². The summed E-state index contributed by atoms with van der Waals surface area (Å²) in [4.78, 5) is 30.2. The summed E-state index contributed by atoms with van der Waals surface area (Å²) in [6.07, 6.45) is 11.9. The van der Waals surface area contributed by atoms with E-state index in [4.69, 9.17) is 9.47 Å². The predicted molar refractivity (Wildman–Crippen MR) is 161 cm³/mol. The highest BCUT2D eigenvalue weighted by molar-refractivity contribution is 5.70. The van der Waals surface area contributed by atoms with Crippen molar-refractivity contribution in [2.75, 3.05) is 20.1 Å². The summed E-state index contributed by atoms with van der Waals surface area (Å²) in [5, 5.41) is 0. The molecule has 2 aliphatic rings. The van der Waals surface area contributed by atoms with Gasteiger partial charge in [-0.1, -0.05) is 60.3 Å². The molecule has 0 aromatic rings. The van der Waals surface area contributed by atoms with Crippen molar-refractivity contribution in [3.8, 4) is 0 Å². The van der Waals surface area contributed by atoms with Gasteiger partial charge in [-0.2, -0.15) is 0 Å². The zero-order valence-electron chi connectivity index (χ0n) is 27.3. The molecule has 2 aliphatic heterocycles. The monoisotopic (exact) mass is 550 g/mol. The van der Waals surface area contributed by atoms with Crippen LogP contribution in [0.4, 0.5) is 0 Å². The second kappa shape index (κ2) is 14.2. The van der Waals surface area contributed by atoms with E-state index in [1.54, 1.807) is 0 Å². The maximum atomic E-state index is 12.6. The van der Waals surface area contributed by atoms with Gasteiger partial charge in [0.25, 0.3) is 0 Å². The van der Waals surface area contributed by atoms with Crippen LogP contribution in [0.25, 0.3) is 0 Å². The molecule has 0 saturated carbocycles. The molecule has 2 heterocycles. The number of nitrogens with zero attached hydrogens (tertiary/aromatic N) is 2. The third-order valence-electron chi connectivity index (χ3n) is 10.9. The molecule has 6 heteroatoms. The summed E-state index contributed by atoms with van der Waals surface area (Å²) < 4.78 is 12.0. The van der Waals surface area contributed by atoms with Crippen molar-refractivity contribution in [3.63, 3.8) is 0 Å². The smallest absolute Gasteiger partial charge is 0.306 e. The Morgan fingerprint density at radius 3 is 1.79 bits per heavy atom. The number of carbonyl (C=O) groups excluding carboxylic acids is 2. The van der Waals surface area contributed by atoms with E-state index in [-0.39, 0.29) is 46.2 Å². The zero-order valence-corrected chi connectivity index (χ0v) is 27.3. The van der Waals surface area contributed by atoms with Crippen LogP contribution in [0.3, 0.4) is 0 Å². The normalized spacial score (nSPS) is 26.2. The Bertz CT molecular complexity index is 787. The molecular formula is C33H62N2O4. The van der Waals surface area contributed by atoms with E-state index < -0.39 is 0 Å². The number of unbranched alkanes of at least 4 members (excludes halogenated alkanes) is 5. The second-order valence-electron chi connectivity index (χ2n) is 14.1. The number of rotatable bonds is 14. The minimum Gasteiger partial charge on any atom is -0.462 e. The van der Waals surface area contributed by atoms with Crippen molar-refractivity contribution in [2.24, 2.45) is 5.41 Å². The Hall–Kier alpha value is -1.14. The van der Waals surface area contributed by atoms with Gasteiger partial charge in [-0.15, -0.1) is 0 Å². The van der Waals surface area contributed by atoms with Gasteiger partial charge in [0.1, 0.15) is 12.2 Å². The molecule has 0 bridgehead atoms. The average Bonchev–Trinajstić information content (AvgIpc) is 2.85. The summed E-state index contributed by atoms with van der Waals surface area (Å²) in [5.74, 6) is -0.0936. The van der Waals surface area contributed by atoms with Crippen LogP contribution >= 0.6 is 0 Å². The summed E-state index contributed by atoms with van der Waals surface area (Å²) in [6.45, 7) is 22.3. The number of ether oxygens (including phenoxy) is 2. The van der Waals surface area contributed by atoms with E-state index in [0.717, 1.165) is 83.7 Å². The fraction of sp³-hybridized carbons (Fsp3) is 0.939. The van der Waals surface area contributed by atoms with Crippen LogP contribution in [-0.2, 0) is 19.1 Å². The molecule has 0 spiro atoms. The Morgan fingerprint density at radius 2 is 1.28 bits per heavy atom. The highest BCUT2D eigenvalue weighted by atomic mass is 16.5. The lowest BCUT2D eigenvalue weighted by Crippen LogP contribution is -2.64. The molecule has 2 saturated heterocycles. The topological polar surface area (TPSA) is 59.1 Å². The Labute approximate surface area is 240 Å². The van der Waals surface area contributed by atoms with Crippen molar-refractivity contribution in [2.45, 2.75) is 175 Å². The molecule has 0 N–H and O–H groups in total.